The second-order valence-corrected chi connectivity index (χ2v) is 6.62. The van der Waals surface area contributed by atoms with E-state index in [-0.39, 0.29) is 11.9 Å². The van der Waals surface area contributed by atoms with Crippen LogP contribution in [0.25, 0.3) is 0 Å². The average molecular weight is 330 g/mol. The number of amides is 3. The zero-order valence-electron chi connectivity index (χ0n) is 13.0. The first-order valence-electron chi connectivity index (χ1n) is 7.40. The molecule has 3 amide bonds. The van der Waals surface area contributed by atoms with Crippen molar-refractivity contribution >= 4 is 34.1 Å². The van der Waals surface area contributed by atoms with Crippen LogP contribution < -0.4 is 10.6 Å². The van der Waals surface area contributed by atoms with Gasteiger partial charge in [0.15, 0.2) is 5.13 Å². The SMILES string of the molecule is CC(=O)Nc1nc2c(s1)CN(C(=O)Nc1cccc(C)c1)CC2. The number of aryl methyl sites for hydroxylation is 1. The summed E-state index contributed by atoms with van der Waals surface area (Å²) in [6.45, 7) is 4.59. The van der Waals surface area contributed by atoms with E-state index in [4.69, 9.17) is 0 Å². The summed E-state index contributed by atoms with van der Waals surface area (Å²) in [6, 6.07) is 7.61. The van der Waals surface area contributed by atoms with Gasteiger partial charge in [0.25, 0.3) is 0 Å². The molecule has 0 unspecified atom stereocenters. The van der Waals surface area contributed by atoms with Crippen LogP contribution in [-0.2, 0) is 17.8 Å². The van der Waals surface area contributed by atoms with Crippen LogP contribution in [0.3, 0.4) is 0 Å². The number of benzene rings is 1. The number of carbonyl (C=O) groups excluding carboxylic acids is 2. The van der Waals surface area contributed by atoms with Crippen LogP contribution in [0.5, 0.6) is 0 Å². The fraction of sp³-hybridized carbons (Fsp3) is 0.312. The first-order valence-corrected chi connectivity index (χ1v) is 8.21. The lowest BCUT2D eigenvalue weighted by Crippen LogP contribution is -2.38. The molecule has 2 N–H and O–H groups in total. The standard InChI is InChI=1S/C16H18N4O2S/c1-10-4-3-5-12(8-10)18-16(22)20-7-6-13-14(9-20)23-15(19-13)17-11(2)21/h3-5,8H,6-7,9H2,1-2H3,(H,18,22)(H,17,19,21). The lowest BCUT2D eigenvalue weighted by atomic mass is 10.2. The number of thiazole rings is 1. The molecular weight excluding hydrogens is 312 g/mol. The van der Waals surface area contributed by atoms with Crippen molar-refractivity contribution in [3.63, 3.8) is 0 Å². The summed E-state index contributed by atoms with van der Waals surface area (Å²) in [5.41, 5.74) is 2.87. The molecule has 1 aromatic carbocycles. The van der Waals surface area contributed by atoms with Crippen LogP contribution in [-0.4, -0.2) is 28.4 Å². The second kappa shape index (κ2) is 6.37. The number of nitrogens with one attached hydrogen (secondary N) is 2. The Morgan fingerprint density at radius 2 is 2.13 bits per heavy atom. The Bertz CT molecular complexity index is 756. The number of anilines is 2. The number of carbonyl (C=O) groups is 2. The molecule has 2 heterocycles. The Balaban J connectivity index is 1.67. The predicted molar refractivity (Wildman–Crippen MR) is 90.7 cm³/mol. The zero-order chi connectivity index (χ0) is 16.4. The molecule has 0 saturated carbocycles. The molecule has 3 rings (SSSR count). The molecule has 120 valence electrons. The quantitative estimate of drug-likeness (QED) is 0.889. The van der Waals surface area contributed by atoms with E-state index >= 15 is 0 Å². The van der Waals surface area contributed by atoms with Gasteiger partial charge in [-0.25, -0.2) is 9.78 Å². The van der Waals surface area contributed by atoms with Crippen molar-refractivity contribution in [3.05, 3.63) is 40.4 Å². The van der Waals surface area contributed by atoms with E-state index in [1.807, 2.05) is 31.2 Å². The van der Waals surface area contributed by atoms with Crippen LogP contribution in [0.2, 0.25) is 0 Å². The van der Waals surface area contributed by atoms with Crippen LogP contribution in [0.4, 0.5) is 15.6 Å². The monoisotopic (exact) mass is 330 g/mol. The number of fused-ring (bicyclic) bond motifs is 1. The molecule has 1 aliphatic heterocycles. The molecule has 0 aliphatic carbocycles. The molecule has 23 heavy (non-hydrogen) atoms. The first kappa shape index (κ1) is 15.5. The van der Waals surface area contributed by atoms with Crippen molar-refractivity contribution in [2.24, 2.45) is 0 Å². The van der Waals surface area contributed by atoms with Crippen LogP contribution >= 0.6 is 11.3 Å². The van der Waals surface area contributed by atoms with Crippen LogP contribution in [0.15, 0.2) is 24.3 Å². The van der Waals surface area contributed by atoms with Gasteiger partial charge in [0.1, 0.15) is 0 Å². The molecule has 2 aromatic rings. The minimum absolute atomic E-state index is 0.115. The third-order valence-corrected chi connectivity index (χ3v) is 4.57. The average Bonchev–Trinajstić information content (AvgIpc) is 2.87. The van der Waals surface area contributed by atoms with Gasteiger partial charge in [-0.3, -0.25) is 4.79 Å². The van der Waals surface area contributed by atoms with Gasteiger partial charge < -0.3 is 15.5 Å². The van der Waals surface area contributed by atoms with E-state index in [9.17, 15) is 9.59 Å². The summed E-state index contributed by atoms with van der Waals surface area (Å²) >= 11 is 1.43. The Hall–Kier alpha value is -2.41. The maximum absolute atomic E-state index is 12.4. The maximum atomic E-state index is 12.4. The third-order valence-electron chi connectivity index (χ3n) is 3.57. The van der Waals surface area contributed by atoms with Crippen molar-refractivity contribution in [1.82, 2.24) is 9.88 Å². The minimum atomic E-state index is -0.134. The van der Waals surface area contributed by atoms with E-state index in [1.54, 1.807) is 4.90 Å². The smallest absolute Gasteiger partial charge is 0.319 e. The molecular formula is C16H18N4O2S. The summed E-state index contributed by atoms with van der Waals surface area (Å²) in [6.07, 6.45) is 0.701. The molecule has 0 radical (unpaired) electrons. The fourth-order valence-electron chi connectivity index (χ4n) is 2.50. The Labute approximate surface area is 138 Å². The molecule has 0 fully saturated rings. The van der Waals surface area contributed by atoms with E-state index in [0.29, 0.717) is 24.6 Å². The van der Waals surface area contributed by atoms with E-state index in [2.05, 4.69) is 15.6 Å². The highest BCUT2D eigenvalue weighted by Gasteiger charge is 2.24. The van der Waals surface area contributed by atoms with E-state index < -0.39 is 0 Å². The molecule has 1 aromatic heterocycles. The van der Waals surface area contributed by atoms with Crippen molar-refractivity contribution in [2.45, 2.75) is 26.8 Å². The molecule has 1 aliphatic rings. The Morgan fingerprint density at radius 3 is 2.87 bits per heavy atom. The molecule has 6 nitrogen and oxygen atoms in total. The number of hydrogen-bond donors (Lipinski definition) is 2. The number of nitrogens with zero attached hydrogens (tertiary/aromatic N) is 2. The summed E-state index contributed by atoms with van der Waals surface area (Å²) in [4.78, 5) is 30.7. The summed E-state index contributed by atoms with van der Waals surface area (Å²) < 4.78 is 0. The van der Waals surface area contributed by atoms with Crippen molar-refractivity contribution in [2.75, 3.05) is 17.2 Å². The largest absolute Gasteiger partial charge is 0.322 e. The maximum Gasteiger partial charge on any atom is 0.322 e. The Kier molecular flexibility index (Phi) is 4.29. The number of urea groups is 1. The van der Waals surface area contributed by atoms with Gasteiger partial charge in [-0.05, 0) is 24.6 Å². The predicted octanol–water partition coefficient (Wildman–Crippen LogP) is 3.00. The molecule has 0 spiro atoms. The van der Waals surface area contributed by atoms with E-state index in [1.165, 1.54) is 18.3 Å². The van der Waals surface area contributed by atoms with Crippen LogP contribution in [0, 0.1) is 6.92 Å². The topological polar surface area (TPSA) is 74.3 Å². The van der Waals surface area contributed by atoms with Gasteiger partial charge in [-0.2, -0.15) is 0 Å². The highest BCUT2D eigenvalue weighted by Crippen LogP contribution is 2.28. The highest BCUT2D eigenvalue weighted by molar-refractivity contribution is 7.15. The normalized spacial score (nSPS) is 13.4. The number of hydrogen-bond acceptors (Lipinski definition) is 4. The van der Waals surface area contributed by atoms with Crippen LogP contribution in [0.1, 0.15) is 23.1 Å². The van der Waals surface area contributed by atoms with Gasteiger partial charge in [0.2, 0.25) is 5.91 Å². The first-order chi connectivity index (χ1) is 11.0. The van der Waals surface area contributed by atoms with Crippen molar-refractivity contribution in [1.29, 1.82) is 0 Å². The lowest BCUT2D eigenvalue weighted by Gasteiger charge is -2.26. The highest BCUT2D eigenvalue weighted by atomic mass is 32.1. The lowest BCUT2D eigenvalue weighted by molar-refractivity contribution is -0.114. The number of aromatic nitrogens is 1. The molecule has 0 saturated heterocycles. The van der Waals surface area contributed by atoms with E-state index in [0.717, 1.165) is 21.8 Å². The Morgan fingerprint density at radius 1 is 1.30 bits per heavy atom. The van der Waals surface area contributed by atoms with Crippen molar-refractivity contribution in [3.8, 4) is 0 Å². The molecule has 7 heteroatoms. The molecule has 0 atom stereocenters. The zero-order valence-corrected chi connectivity index (χ0v) is 13.9. The summed E-state index contributed by atoms with van der Waals surface area (Å²) in [5.74, 6) is -0.134. The van der Waals surface area contributed by atoms with Gasteiger partial charge in [0.05, 0.1) is 12.2 Å². The number of rotatable bonds is 2. The van der Waals surface area contributed by atoms with Gasteiger partial charge >= 0.3 is 6.03 Å². The van der Waals surface area contributed by atoms with Gasteiger partial charge in [-0.15, -0.1) is 0 Å². The van der Waals surface area contributed by atoms with Crippen molar-refractivity contribution < 1.29 is 9.59 Å². The van der Waals surface area contributed by atoms with Gasteiger partial charge in [-0.1, -0.05) is 23.5 Å². The van der Waals surface area contributed by atoms with Gasteiger partial charge in [0, 0.05) is 30.5 Å². The minimum Gasteiger partial charge on any atom is -0.319 e. The summed E-state index contributed by atoms with van der Waals surface area (Å²) in [5, 5.41) is 6.23. The second-order valence-electron chi connectivity index (χ2n) is 5.54. The summed E-state index contributed by atoms with van der Waals surface area (Å²) in [7, 11) is 0. The third kappa shape index (κ3) is 3.68. The fourth-order valence-corrected chi connectivity index (χ4v) is 3.57. The molecule has 0 bridgehead atoms.